The van der Waals surface area contributed by atoms with Crippen molar-refractivity contribution in [2.24, 2.45) is 0 Å². The standard InChI is InChI=1S/C16H21ClN4/c1-4-9-18-15-10-16(20-12(2)19-15)21(3)11-13-5-7-14(17)8-6-13/h5-8,10H,4,9,11H2,1-3H3,(H,18,19,20). The summed E-state index contributed by atoms with van der Waals surface area (Å²) in [6.45, 7) is 5.74. The van der Waals surface area contributed by atoms with Gasteiger partial charge in [-0.2, -0.15) is 0 Å². The number of halogens is 1. The second kappa shape index (κ2) is 7.27. The molecule has 0 spiro atoms. The molecule has 0 fully saturated rings. The first-order chi connectivity index (χ1) is 10.1. The number of hydrogen-bond acceptors (Lipinski definition) is 4. The summed E-state index contributed by atoms with van der Waals surface area (Å²) in [7, 11) is 2.03. The molecule has 1 N–H and O–H groups in total. The number of rotatable bonds is 6. The Morgan fingerprint density at radius 3 is 2.57 bits per heavy atom. The van der Waals surface area contributed by atoms with Gasteiger partial charge in [0.2, 0.25) is 0 Å². The Morgan fingerprint density at radius 2 is 1.90 bits per heavy atom. The minimum atomic E-state index is 0.755. The maximum atomic E-state index is 5.91. The average molecular weight is 305 g/mol. The number of benzene rings is 1. The smallest absolute Gasteiger partial charge is 0.134 e. The molecule has 1 aromatic carbocycles. The molecular formula is C16H21ClN4. The third kappa shape index (κ3) is 4.60. The predicted molar refractivity (Wildman–Crippen MR) is 89.1 cm³/mol. The quantitative estimate of drug-likeness (QED) is 0.879. The van der Waals surface area contributed by atoms with Crippen LogP contribution < -0.4 is 10.2 Å². The highest BCUT2D eigenvalue weighted by atomic mass is 35.5. The van der Waals surface area contributed by atoms with E-state index in [-0.39, 0.29) is 0 Å². The summed E-state index contributed by atoms with van der Waals surface area (Å²) in [4.78, 5) is 11.0. The van der Waals surface area contributed by atoms with Crippen LogP contribution in [0.15, 0.2) is 30.3 Å². The third-order valence-corrected chi connectivity index (χ3v) is 3.36. The van der Waals surface area contributed by atoms with Gasteiger partial charge in [-0.3, -0.25) is 0 Å². The molecule has 0 aliphatic heterocycles. The lowest BCUT2D eigenvalue weighted by Crippen LogP contribution is -2.19. The van der Waals surface area contributed by atoms with Gasteiger partial charge in [-0.25, -0.2) is 9.97 Å². The highest BCUT2D eigenvalue weighted by Crippen LogP contribution is 2.18. The number of aromatic nitrogens is 2. The minimum Gasteiger partial charge on any atom is -0.370 e. The van der Waals surface area contributed by atoms with E-state index in [1.165, 1.54) is 5.56 Å². The van der Waals surface area contributed by atoms with Gasteiger partial charge in [0.05, 0.1) is 0 Å². The van der Waals surface area contributed by atoms with Gasteiger partial charge in [0.25, 0.3) is 0 Å². The monoisotopic (exact) mass is 304 g/mol. The molecule has 0 atom stereocenters. The summed E-state index contributed by atoms with van der Waals surface area (Å²) < 4.78 is 0. The van der Waals surface area contributed by atoms with Crippen molar-refractivity contribution in [1.82, 2.24) is 9.97 Å². The SMILES string of the molecule is CCCNc1cc(N(C)Cc2ccc(Cl)cc2)nc(C)n1. The Hall–Kier alpha value is -1.81. The predicted octanol–water partition coefficient (Wildman–Crippen LogP) is 3.90. The van der Waals surface area contributed by atoms with Crippen LogP contribution in [0.2, 0.25) is 5.02 Å². The zero-order chi connectivity index (χ0) is 15.2. The molecule has 0 aliphatic rings. The maximum absolute atomic E-state index is 5.91. The molecule has 0 radical (unpaired) electrons. The van der Waals surface area contributed by atoms with Crippen molar-refractivity contribution in [1.29, 1.82) is 0 Å². The molecule has 5 heteroatoms. The van der Waals surface area contributed by atoms with Crippen LogP contribution in [0.4, 0.5) is 11.6 Å². The second-order valence-corrected chi connectivity index (χ2v) is 5.50. The lowest BCUT2D eigenvalue weighted by atomic mass is 10.2. The van der Waals surface area contributed by atoms with Crippen molar-refractivity contribution < 1.29 is 0 Å². The molecule has 4 nitrogen and oxygen atoms in total. The molecule has 21 heavy (non-hydrogen) atoms. The van der Waals surface area contributed by atoms with Crippen molar-refractivity contribution in [3.05, 3.63) is 46.7 Å². The summed E-state index contributed by atoms with van der Waals surface area (Å²) in [6, 6.07) is 9.86. The van der Waals surface area contributed by atoms with Gasteiger partial charge in [-0.15, -0.1) is 0 Å². The molecule has 0 amide bonds. The summed E-state index contributed by atoms with van der Waals surface area (Å²) in [5.74, 6) is 2.56. The van der Waals surface area contributed by atoms with Gasteiger partial charge in [0.15, 0.2) is 0 Å². The molecule has 1 heterocycles. The van der Waals surface area contributed by atoms with Crippen molar-refractivity contribution in [3.63, 3.8) is 0 Å². The maximum Gasteiger partial charge on any atom is 0.134 e. The van der Waals surface area contributed by atoms with Gasteiger partial charge in [-0.1, -0.05) is 30.7 Å². The fourth-order valence-electron chi connectivity index (χ4n) is 2.04. The fraction of sp³-hybridized carbons (Fsp3) is 0.375. The first-order valence-corrected chi connectivity index (χ1v) is 7.51. The Morgan fingerprint density at radius 1 is 1.19 bits per heavy atom. The minimum absolute atomic E-state index is 0.755. The second-order valence-electron chi connectivity index (χ2n) is 5.07. The lowest BCUT2D eigenvalue weighted by molar-refractivity contribution is 0.876. The zero-order valence-corrected chi connectivity index (χ0v) is 13.5. The largest absolute Gasteiger partial charge is 0.370 e. The van der Waals surface area contributed by atoms with Gasteiger partial charge < -0.3 is 10.2 Å². The zero-order valence-electron chi connectivity index (χ0n) is 12.7. The number of anilines is 2. The normalized spacial score (nSPS) is 10.5. The van der Waals surface area contributed by atoms with E-state index in [0.717, 1.165) is 42.0 Å². The molecule has 0 bridgehead atoms. The Labute approximate surface area is 131 Å². The molecule has 0 saturated heterocycles. The van der Waals surface area contributed by atoms with Crippen LogP contribution >= 0.6 is 11.6 Å². The van der Waals surface area contributed by atoms with E-state index in [9.17, 15) is 0 Å². The van der Waals surface area contributed by atoms with Gasteiger partial charge in [0, 0.05) is 31.2 Å². The molecule has 2 aromatic rings. The topological polar surface area (TPSA) is 41.0 Å². The van der Waals surface area contributed by atoms with Crippen LogP contribution in [0, 0.1) is 6.92 Å². The summed E-state index contributed by atoms with van der Waals surface area (Å²) in [5.41, 5.74) is 1.20. The van der Waals surface area contributed by atoms with Crippen molar-refractivity contribution >= 4 is 23.2 Å². The van der Waals surface area contributed by atoms with Gasteiger partial charge >= 0.3 is 0 Å². The van der Waals surface area contributed by atoms with E-state index < -0.39 is 0 Å². The van der Waals surface area contributed by atoms with E-state index >= 15 is 0 Å². The first-order valence-electron chi connectivity index (χ1n) is 7.13. The molecular weight excluding hydrogens is 284 g/mol. The molecule has 112 valence electrons. The molecule has 2 rings (SSSR count). The van der Waals surface area contributed by atoms with Crippen molar-refractivity contribution in [2.75, 3.05) is 23.8 Å². The van der Waals surface area contributed by atoms with E-state index in [2.05, 4.69) is 27.1 Å². The van der Waals surface area contributed by atoms with E-state index in [1.54, 1.807) is 0 Å². The van der Waals surface area contributed by atoms with Crippen LogP contribution in [-0.2, 0) is 6.54 Å². The number of nitrogens with zero attached hydrogens (tertiary/aromatic N) is 3. The summed E-state index contributed by atoms with van der Waals surface area (Å²) >= 11 is 5.91. The highest BCUT2D eigenvalue weighted by Gasteiger charge is 2.07. The van der Waals surface area contributed by atoms with Crippen LogP contribution in [0.5, 0.6) is 0 Å². The lowest BCUT2D eigenvalue weighted by Gasteiger charge is -2.19. The molecule has 0 saturated carbocycles. The van der Waals surface area contributed by atoms with Crippen LogP contribution in [0.1, 0.15) is 24.7 Å². The molecule has 1 aromatic heterocycles. The van der Waals surface area contributed by atoms with E-state index in [0.29, 0.717) is 0 Å². The number of aryl methyl sites for hydroxylation is 1. The van der Waals surface area contributed by atoms with Gasteiger partial charge in [0.1, 0.15) is 17.5 Å². The highest BCUT2D eigenvalue weighted by molar-refractivity contribution is 6.30. The molecule has 0 aliphatic carbocycles. The fourth-order valence-corrected chi connectivity index (χ4v) is 2.16. The molecule has 0 unspecified atom stereocenters. The van der Waals surface area contributed by atoms with E-state index in [4.69, 9.17) is 11.6 Å². The first kappa shape index (κ1) is 15.6. The Kier molecular flexibility index (Phi) is 5.39. The van der Waals surface area contributed by atoms with Crippen LogP contribution in [0.25, 0.3) is 0 Å². The Bertz CT molecular complexity index is 583. The number of hydrogen-bond donors (Lipinski definition) is 1. The third-order valence-electron chi connectivity index (χ3n) is 3.10. The van der Waals surface area contributed by atoms with Gasteiger partial charge in [-0.05, 0) is 31.0 Å². The van der Waals surface area contributed by atoms with Crippen molar-refractivity contribution in [3.8, 4) is 0 Å². The summed E-state index contributed by atoms with van der Waals surface area (Å²) in [5, 5.41) is 4.06. The van der Waals surface area contributed by atoms with Crippen LogP contribution in [0.3, 0.4) is 0 Å². The number of nitrogens with one attached hydrogen (secondary N) is 1. The van der Waals surface area contributed by atoms with Crippen LogP contribution in [-0.4, -0.2) is 23.6 Å². The Balaban J connectivity index is 2.12. The van der Waals surface area contributed by atoms with Crippen molar-refractivity contribution in [2.45, 2.75) is 26.8 Å². The summed E-state index contributed by atoms with van der Waals surface area (Å²) in [6.07, 6.45) is 1.07. The average Bonchev–Trinajstić information content (AvgIpc) is 2.47. The van der Waals surface area contributed by atoms with E-state index in [1.807, 2.05) is 44.3 Å².